The van der Waals surface area contributed by atoms with E-state index in [-0.39, 0.29) is 0 Å². The lowest BCUT2D eigenvalue weighted by molar-refractivity contribution is 0.432. The van der Waals surface area contributed by atoms with Gasteiger partial charge in [0, 0.05) is 11.1 Å². The Morgan fingerprint density at radius 1 is 1.40 bits per heavy atom. The van der Waals surface area contributed by atoms with Crippen molar-refractivity contribution in [2.75, 3.05) is 5.73 Å². The first kappa shape index (κ1) is 9.51. The molecule has 0 amide bonds. The minimum absolute atomic E-state index is 0.300. The van der Waals surface area contributed by atoms with Crippen LogP contribution in [0.3, 0.4) is 0 Å². The van der Waals surface area contributed by atoms with Crippen LogP contribution in [0.4, 0.5) is 10.2 Å². The van der Waals surface area contributed by atoms with E-state index in [9.17, 15) is 9.50 Å². The van der Waals surface area contributed by atoms with Gasteiger partial charge in [0.25, 0.3) is 0 Å². The second kappa shape index (κ2) is 3.27. The van der Waals surface area contributed by atoms with Crippen LogP contribution in [0.2, 0.25) is 0 Å². The highest BCUT2D eigenvalue weighted by Crippen LogP contribution is 2.34. The fourth-order valence-corrected chi connectivity index (χ4v) is 1.39. The third-order valence-electron chi connectivity index (χ3n) is 2.27. The zero-order valence-corrected chi connectivity index (χ0v) is 8.08. The Kier molecular flexibility index (Phi) is 2.07. The molecule has 1 heterocycles. The topological polar surface area (TPSA) is 74.9 Å². The Morgan fingerprint density at radius 3 is 2.73 bits per heavy atom. The fraction of sp³-hybridized carbons (Fsp3) is 0.100. The molecule has 78 valence electrons. The molecule has 1 aromatic heterocycles. The number of halogens is 1. The van der Waals surface area contributed by atoms with Crippen molar-refractivity contribution in [3.05, 3.63) is 29.7 Å². The summed E-state index contributed by atoms with van der Waals surface area (Å²) in [4.78, 5) is 0. The van der Waals surface area contributed by atoms with E-state index >= 15 is 0 Å². The number of nitrogen functional groups attached to an aromatic ring is 1. The molecular formula is C10H10FN3O. The van der Waals surface area contributed by atoms with E-state index in [1.807, 2.05) is 0 Å². The Bertz CT molecular complexity index is 507. The maximum Gasteiger partial charge on any atom is 0.168 e. The quantitative estimate of drug-likeness (QED) is 0.667. The number of aromatic amines is 1. The summed E-state index contributed by atoms with van der Waals surface area (Å²) in [7, 11) is 0. The van der Waals surface area contributed by atoms with Crippen LogP contribution in [0, 0.1) is 12.7 Å². The second-order valence-electron chi connectivity index (χ2n) is 3.29. The molecule has 0 aliphatic heterocycles. The second-order valence-corrected chi connectivity index (χ2v) is 3.29. The number of aryl methyl sites for hydroxylation is 1. The molecule has 0 aliphatic rings. The molecule has 0 fully saturated rings. The molecule has 4 N–H and O–H groups in total. The average molecular weight is 207 g/mol. The molecule has 0 saturated carbocycles. The maximum absolute atomic E-state index is 13.4. The van der Waals surface area contributed by atoms with Gasteiger partial charge in [-0.2, -0.15) is 5.10 Å². The highest BCUT2D eigenvalue weighted by molar-refractivity contribution is 5.78. The number of nitrogens with one attached hydrogen (secondary N) is 1. The average Bonchev–Trinajstić information content (AvgIpc) is 2.62. The molecule has 0 radical (unpaired) electrons. The monoisotopic (exact) mass is 207 g/mol. The van der Waals surface area contributed by atoms with Gasteiger partial charge < -0.3 is 10.8 Å². The van der Waals surface area contributed by atoms with Crippen molar-refractivity contribution in [1.82, 2.24) is 10.2 Å². The summed E-state index contributed by atoms with van der Waals surface area (Å²) < 4.78 is 13.4. The minimum atomic E-state index is -0.631. The van der Waals surface area contributed by atoms with Crippen molar-refractivity contribution in [1.29, 1.82) is 0 Å². The highest BCUT2D eigenvalue weighted by atomic mass is 19.1. The SMILES string of the molecule is Cc1ccc(-c2cn[nH]c2N)c(O)c1F. The fourth-order valence-electron chi connectivity index (χ4n) is 1.39. The van der Waals surface area contributed by atoms with Crippen LogP contribution in [-0.2, 0) is 0 Å². The van der Waals surface area contributed by atoms with Crippen molar-refractivity contribution in [3.8, 4) is 16.9 Å². The Hall–Kier alpha value is -2.04. The van der Waals surface area contributed by atoms with Gasteiger partial charge in [0.15, 0.2) is 11.6 Å². The Balaban J connectivity index is 2.65. The normalized spacial score (nSPS) is 10.5. The van der Waals surface area contributed by atoms with Gasteiger partial charge in [0.1, 0.15) is 5.82 Å². The smallest absolute Gasteiger partial charge is 0.168 e. The predicted octanol–water partition coefficient (Wildman–Crippen LogP) is 1.81. The number of aromatic hydroxyl groups is 1. The summed E-state index contributed by atoms with van der Waals surface area (Å²) in [5.41, 5.74) is 6.79. The van der Waals surface area contributed by atoms with Gasteiger partial charge >= 0.3 is 0 Å². The van der Waals surface area contributed by atoms with Crippen LogP contribution < -0.4 is 5.73 Å². The molecule has 5 heteroatoms. The molecule has 2 aromatic rings. The summed E-state index contributed by atoms with van der Waals surface area (Å²) in [6.45, 7) is 1.58. The number of phenolic OH excluding ortho intramolecular Hbond substituents is 1. The van der Waals surface area contributed by atoms with Crippen molar-refractivity contribution in [3.63, 3.8) is 0 Å². The number of hydrogen-bond donors (Lipinski definition) is 3. The van der Waals surface area contributed by atoms with Gasteiger partial charge in [0.2, 0.25) is 0 Å². The van der Waals surface area contributed by atoms with Crippen LogP contribution in [0.1, 0.15) is 5.56 Å². The van der Waals surface area contributed by atoms with E-state index in [2.05, 4.69) is 10.2 Å². The lowest BCUT2D eigenvalue weighted by Crippen LogP contribution is -1.90. The number of anilines is 1. The van der Waals surface area contributed by atoms with Crippen molar-refractivity contribution < 1.29 is 9.50 Å². The number of rotatable bonds is 1. The molecule has 1 aromatic carbocycles. The van der Waals surface area contributed by atoms with Gasteiger partial charge in [-0.1, -0.05) is 6.07 Å². The Morgan fingerprint density at radius 2 is 2.13 bits per heavy atom. The summed E-state index contributed by atoms with van der Waals surface area (Å²) in [6.07, 6.45) is 1.44. The van der Waals surface area contributed by atoms with E-state index in [1.54, 1.807) is 19.1 Å². The van der Waals surface area contributed by atoms with E-state index in [0.717, 1.165) is 0 Å². The Labute approximate surface area is 85.6 Å². The van der Waals surface area contributed by atoms with E-state index in [0.29, 0.717) is 22.5 Å². The number of phenols is 1. The lowest BCUT2D eigenvalue weighted by atomic mass is 10.0. The number of benzene rings is 1. The minimum Gasteiger partial charge on any atom is -0.504 e. The highest BCUT2D eigenvalue weighted by Gasteiger charge is 2.14. The van der Waals surface area contributed by atoms with E-state index < -0.39 is 11.6 Å². The van der Waals surface area contributed by atoms with Crippen molar-refractivity contribution >= 4 is 5.82 Å². The number of nitrogens with two attached hydrogens (primary N) is 1. The number of H-pyrrole nitrogens is 1. The molecular weight excluding hydrogens is 197 g/mol. The molecule has 15 heavy (non-hydrogen) atoms. The molecule has 0 aliphatic carbocycles. The van der Waals surface area contributed by atoms with E-state index in [4.69, 9.17) is 5.73 Å². The van der Waals surface area contributed by atoms with Crippen LogP contribution in [0.15, 0.2) is 18.3 Å². The summed E-state index contributed by atoms with van der Waals surface area (Å²) in [5, 5.41) is 15.8. The number of nitrogens with zero attached hydrogens (tertiary/aromatic N) is 1. The summed E-state index contributed by atoms with van der Waals surface area (Å²) in [6, 6.07) is 3.19. The van der Waals surface area contributed by atoms with Gasteiger partial charge in [-0.3, -0.25) is 5.10 Å². The van der Waals surface area contributed by atoms with Gasteiger partial charge in [-0.15, -0.1) is 0 Å². The molecule has 0 saturated heterocycles. The zero-order chi connectivity index (χ0) is 11.0. The number of hydrogen-bond acceptors (Lipinski definition) is 3. The van der Waals surface area contributed by atoms with Gasteiger partial charge in [-0.25, -0.2) is 4.39 Å². The van der Waals surface area contributed by atoms with Crippen LogP contribution >= 0.6 is 0 Å². The zero-order valence-electron chi connectivity index (χ0n) is 8.08. The standard InChI is InChI=1S/C10H10FN3O/c1-5-2-3-6(9(15)8(5)11)7-4-13-14-10(7)12/h2-4,15H,1H3,(H3,12,13,14). The van der Waals surface area contributed by atoms with Crippen molar-refractivity contribution in [2.45, 2.75) is 6.92 Å². The molecule has 0 unspecified atom stereocenters. The molecule has 0 bridgehead atoms. The largest absolute Gasteiger partial charge is 0.504 e. The molecule has 0 spiro atoms. The first-order chi connectivity index (χ1) is 7.11. The van der Waals surface area contributed by atoms with Gasteiger partial charge in [-0.05, 0) is 18.6 Å². The molecule has 2 rings (SSSR count). The first-order valence-electron chi connectivity index (χ1n) is 4.38. The summed E-state index contributed by atoms with van der Waals surface area (Å²) >= 11 is 0. The molecule has 0 atom stereocenters. The summed E-state index contributed by atoms with van der Waals surface area (Å²) in [5.74, 6) is -0.732. The van der Waals surface area contributed by atoms with Gasteiger partial charge in [0.05, 0.1) is 6.20 Å². The van der Waals surface area contributed by atoms with E-state index in [1.165, 1.54) is 6.20 Å². The third-order valence-corrected chi connectivity index (χ3v) is 2.27. The van der Waals surface area contributed by atoms with Crippen LogP contribution in [0.25, 0.3) is 11.1 Å². The first-order valence-corrected chi connectivity index (χ1v) is 4.38. The predicted molar refractivity (Wildman–Crippen MR) is 54.8 cm³/mol. The van der Waals surface area contributed by atoms with Crippen LogP contribution in [-0.4, -0.2) is 15.3 Å². The van der Waals surface area contributed by atoms with Crippen LogP contribution in [0.5, 0.6) is 5.75 Å². The van der Waals surface area contributed by atoms with Crippen molar-refractivity contribution in [2.24, 2.45) is 0 Å². The maximum atomic E-state index is 13.4. The number of aromatic nitrogens is 2. The third kappa shape index (κ3) is 1.41. The molecule has 4 nitrogen and oxygen atoms in total. The lowest BCUT2D eigenvalue weighted by Gasteiger charge is -2.05.